The third kappa shape index (κ3) is 2.72. The van der Waals surface area contributed by atoms with Crippen molar-refractivity contribution in [3.63, 3.8) is 0 Å². The van der Waals surface area contributed by atoms with Gasteiger partial charge in [-0.2, -0.15) is 5.10 Å². The number of aryl methyl sites for hydroxylation is 1. The van der Waals surface area contributed by atoms with Crippen LogP contribution in [0.5, 0.6) is 0 Å². The maximum atomic E-state index is 11.6. The van der Waals surface area contributed by atoms with Gasteiger partial charge in [-0.05, 0) is 0 Å². The van der Waals surface area contributed by atoms with Crippen LogP contribution in [0.2, 0.25) is 0 Å². The molecule has 0 bridgehead atoms. The van der Waals surface area contributed by atoms with E-state index < -0.39 is 5.91 Å². The van der Waals surface area contributed by atoms with E-state index in [0.717, 1.165) is 0 Å². The molecule has 0 saturated carbocycles. The molecule has 0 aliphatic rings. The number of nitrogens with one attached hydrogen (secondary N) is 1. The van der Waals surface area contributed by atoms with E-state index in [1.165, 1.54) is 15.8 Å². The zero-order valence-corrected chi connectivity index (χ0v) is 9.52. The number of nitrogens with two attached hydrogens (primary N) is 1. The molecule has 1 heterocycles. The summed E-state index contributed by atoms with van der Waals surface area (Å²) in [4.78, 5) is 24.2. The molecule has 1 aromatic rings. The number of anilines is 1. The van der Waals surface area contributed by atoms with Crippen LogP contribution in [0.15, 0.2) is 6.20 Å². The van der Waals surface area contributed by atoms with Gasteiger partial charge in [-0.15, -0.1) is 0 Å². The molecule has 0 aromatic carbocycles. The first-order chi connectivity index (χ1) is 7.41. The highest BCUT2D eigenvalue weighted by molar-refractivity contribution is 5.98. The van der Waals surface area contributed by atoms with Crippen molar-refractivity contribution >= 4 is 17.5 Å². The van der Waals surface area contributed by atoms with Gasteiger partial charge in [0.15, 0.2) is 5.69 Å². The van der Waals surface area contributed by atoms with Crippen LogP contribution >= 0.6 is 0 Å². The van der Waals surface area contributed by atoms with Crippen LogP contribution < -0.4 is 11.1 Å². The highest BCUT2D eigenvalue weighted by atomic mass is 16.2. The van der Waals surface area contributed by atoms with Crippen molar-refractivity contribution in [1.82, 2.24) is 20.0 Å². The fraction of sp³-hybridized carbons (Fsp3) is 0.444. The van der Waals surface area contributed by atoms with Crippen molar-refractivity contribution in [3.05, 3.63) is 11.9 Å². The minimum absolute atomic E-state index is 0.0676. The molecule has 1 rings (SSSR count). The summed E-state index contributed by atoms with van der Waals surface area (Å²) in [7, 11) is 4.89. The molecule has 1 aromatic heterocycles. The van der Waals surface area contributed by atoms with Crippen molar-refractivity contribution in [2.75, 3.05) is 26.4 Å². The van der Waals surface area contributed by atoms with Gasteiger partial charge in [-0.3, -0.25) is 14.3 Å². The summed E-state index contributed by atoms with van der Waals surface area (Å²) in [5.41, 5.74) is 5.99. The Morgan fingerprint density at radius 2 is 2.19 bits per heavy atom. The predicted octanol–water partition coefficient (Wildman–Crippen LogP) is -1.18. The van der Waals surface area contributed by atoms with Crippen LogP contribution in [-0.2, 0) is 11.8 Å². The lowest BCUT2D eigenvalue weighted by molar-refractivity contribution is -0.127. The molecule has 3 N–H and O–H groups in total. The Kier molecular flexibility index (Phi) is 3.49. The second-order valence-electron chi connectivity index (χ2n) is 3.58. The second kappa shape index (κ2) is 4.65. The molecule has 2 amide bonds. The smallest absolute Gasteiger partial charge is 0.274 e. The highest BCUT2D eigenvalue weighted by Gasteiger charge is 2.15. The normalized spacial score (nSPS) is 9.94. The van der Waals surface area contributed by atoms with E-state index in [-0.39, 0.29) is 23.8 Å². The zero-order valence-electron chi connectivity index (χ0n) is 9.52. The van der Waals surface area contributed by atoms with Gasteiger partial charge in [0.05, 0.1) is 12.2 Å². The molecule has 0 aliphatic carbocycles. The van der Waals surface area contributed by atoms with E-state index >= 15 is 0 Å². The number of likely N-dealkylation sites (N-methyl/N-ethyl adjacent to an activating group) is 1. The highest BCUT2D eigenvalue weighted by Crippen LogP contribution is 2.06. The summed E-state index contributed by atoms with van der Waals surface area (Å²) >= 11 is 0. The maximum Gasteiger partial charge on any atom is 0.274 e. The largest absolute Gasteiger partial charge is 0.396 e. The van der Waals surface area contributed by atoms with Gasteiger partial charge < -0.3 is 16.0 Å². The Balaban J connectivity index is 2.60. The van der Waals surface area contributed by atoms with Gasteiger partial charge in [0.2, 0.25) is 5.91 Å². The van der Waals surface area contributed by atoms with Gasteiger partial charge in [-0.1, -0.05) is 0 Å². The van der Waals surface area contributed by atoms with Crippen molar-refractivity contribution in [2.24, 2.45) is 7.05 Å². The molecule has 0 radical (unpaired) electrons. The molecule has 88 valence electrons. The fourth-order valence-electron chi connectivity index (χ4n) is 1.08. The van der Waals surface area contributed by atoms with Crippen LogP contribution in [0.4, 0.5) is 5.69 Å². The third-order valence-corrected chi connectivity index (χ3v) is 1.97. The second-order valence-corrected chi connectivity index (χ2v) is 3.58. The number of carbonyl (C=O) groups excluding carboxylic acids is 2. The number of carbonyl (C=O) groups is 2. The average Bonchev–Trinajstić information content (AvgIpc) is 2.53. The van der Waals surface area contributed by atoms with E-state index in [1.807, 2.05) is 0 Å². The minimum Gasteiger partial charge on any atom is -0.396 e. The molecule has 0 fully saturated rings. The van der Waals surface area contributed by atoms with E-state index in [4.69, 9.17) is 5.73 Å². The SMILES string of the molecule is CN(C)C(=O)CNC(=O)c1nn(C)cc1N. The molecule has 16 heavy (non-hydrogen) atoms. The molecule has 0 unspecified atom stereocenters. The van der Waals surface area contributed by atoms with Crippen molar-refractivity contribution in [3.8, 4) is 0 Å². The van der Waals surface area contributed by atoms with Crippen LogP contribution in [0.1, 0.15) is 10.5 Å². The Labute approximate surface area is 93.2 Å². The fourth-order valence-corrected chi connectivity index (χ4v) is 1.08. The van der Waals surface area contributed by atoms with Gasteiger partial charge >= 0.3 is 0 Å². The summed E-state index contributed by atoms with van der Waals surface area (Å²) in [6, 6.07) is 0. The molecular weight excluding hydrogens is 210 g/mol. The average molecular weight is 225 g/mol. The molecule has 7 nitrogen and oxygen atoms in total. The van der Waals surface area contributed by atoms with E-state index in [1.54, 1.807) is 21.1 Å². The van der Waals surface area contributed by atoms with E-state index in [0.29, 0.717) is 0 Å². The number of nitrogen functional groups attached to an aromatic ring is 1. The molecule has 0 atom stereocenters. The molecular formula is C9H15N5O2. The Morgan fingerprint density at radius 1 is 1.56 bits per heavy atom. The lowest BCUT2D eigenvalue weighted by Gasteiger charge is -2.10. The first kappa shape index (κ1) is 12.0. The molecule has 0 aliphatic heterocycles. The lowest BCUT2D eigenvalue weighted by Crippen LogP contribution is -2.36. The first-order valence-electron chi connectivity index (χ1n) is 4.69. The van der Waals surface area contributed by atoms with Crippen molar-refractivity contribution in [2.45, 2.75) is 0 Å². The summed E-state index contributed by atoms with van der Waals surface area (Å²) in [5, 5.41) is 6.34. The quantitative estimate of drug-likeness (QED) is 0.677. The Bertz CT molecular complexity index is 410. The van der Waals surface area contributed by atoms with Crippen molar-refractivity contribution < 1.29 is 9.59 Å². The topological polar surface area (TPSA) is 93.2 Å². The third-order valence-electron chi connectivity index (χ3n) is 1.97. The number of amides is 2. The lowest BCUT2D eigenvalue weighted by atomic mass is 10.3. The Hall–Kier alpha value is -2.05. The summed E-state index contributed by atoms with van der Waals surface area (Å²) in [6.07, 6.45) is 1.53. The predicted molar refractivity (Wildman–Crippen MR) is 58.6 cm³/mol. The first-order valence-corrected chi connectivity index (χ1v) is 4.69. The summed E-state index contributed by atoms with van der Waals surface area (Å²) < 4.78 is 1.44. The number of rotatable bonds is 3. The Morgan fingerprint density at radius 3 is 2.62 bits per heavy atom. The number of hydrogen-bond acceptors (Lipinski definition) is 4. The van der Waals surface area contributed by atoms with Crippen LogP contribution in [0, 0.1) is 0 Å². The molecule has 7 heteroatoms. The van der Waals surface area contributed by atoms with Crippen LogP contribution in [0.3, 0.4) is 0 Å². The monoisotopic (exact) mass is 225 g/mol. The van der Waals surface area contributed by atoms with Gasteiger partial charge in [-0.25, -0.2) is 0 Å². The zero-order chi connectivity index (χ0) is 12.3. The van der Waals surface area contributed by atoms with Crippen LogP contribution in [-0.4, -0.2) is 47.1 Å². The minimum atomic E-state index is -0.451. The van der Waals surface area contributed by atoms with Gasteiger partial charge in [0, 0.05) is 27.3 Å². The summed E-state index contributed by atoms with van der Waals surface area (Å²) in [5.74, 6) is -0.642. The number of nitrogens with zero attached hydrogens (tertiary/aromatic N) is 3. The van der Waals surface area contributed by atoms with E-state index in [2.05, 4.69) is 10.4 Å². The molecule has 0 saturated heterocycles. The van der Waals surface area contributed by atoms with Gasteiger partial charge in [0.25, 0.3) is 5.91 Å². The number of hydrogen-bond donors (Lipinski definition) is 2. The van der Waals surface area contributed by atoms with Crippen molar-refractivity contribution in [1.29, 1.82) is 0 Å². The van der Waals surface area contributed by atoms with E-state index in [9.17, 15) is 9.59 Å². The standard InChI is InChI=1S/C9H15N5O2/c1-13(2)7(15)4-11-9(16)8-6(10)5-14(3)12-8/h5H,4,10H2,1-3H3,(H,11,16). The molecule has 0 spiro atoms. The number of aromatic nitrogens is 2. The maximum absolute atomic E-state index is 11.6. The summed E-state index contributed by atoms with van der Waals surface area (Å²) in [6.45, 7) is -0.0676. The van der Waals surface area contributed by atoms with Crippen LogP contribution in [0.25, 0.3) is 0 Å². The van der Waals surface area contributed by atoms with Gasteiger partial charge in [0.1, 0.15) is 0 Å².